The molecule has 2 rings (SSSR count). The molecule has 2 fully saturated rings. The van der Waals surface area contributed by atoms with Crippen LogP contribution in [0.1, 0.15) is 40.0 Å². The summed E-state index contributed by atoms with van der Waals surface area (Å²) in [4.78, 5) is 26.0. The fraction of sp³-hybridized carbons (Fsp3) is 0.857. The first-order chi connectivity index (χ1) is 9.06. The quantitative estimate of drug-likeness (QED) is 0.807. The molecule has 0 radical (unpaired) electrons. The zero-order chi connectivity index (χ0) is 14.0. The third-order valence-electron chi connectivity index (χ3n) is 4.31. The standard InChI is InChI=1S/C14H24N2O3/c1-4-9(3)13-14(18)16(8-12(17)15-13)10-6-11(7-10)19-5-2/h9-11,13H,4-8H2,1-3H3,(H,15,17). The normalized spacial score (nSPS) is 32.8. The van der Waals surface area contributed by atoms with Gasteiger partial charge in [-0.25, -0.2) is 0 Å². The molecule has 2 unspecified atom stereocenters. The lowest BCUT2D eigenvalue weighted by Gasteiger charge is -2.46. The number of ether oxygens (including phenoxy) is 1. The predicted octanol–water partition coefficient (Wildman–Crippen LogP) is 0.927. The minimum Gasteiger partial charge on any atom is -0.378 e. The van der Waals surface area contributed by atoms with Crippen LogP contribution in [0.3, 0.4) is 0 Å². The number of hydrogen-bond acceptors (Lipinski definition) is 3. The van der Waals surface area contributed by atoms with Gasteiger partial charge in [0.25, 0.3) is 0 Å². The van der Waals surface area contributed by atoms with Crippen molar-refractivity contribution in [2.45, 2.75) is 58.2 Å². The van der Waals surface area contributed by atoms with Gasteiger partial charge in [0.2, 0.25) is 11.8 Å². The van der Waals surface area contributed by atoms with Gasteiger partial charge in [-0.3, -0.25) is 9.59 Å². The molecule has 1 heterocycles. The average molecular weight is 268 g/mol. The molecule has 1 N–H and O–H groups in total. The van der Waals surface area contributed by atoms with Gasteiger partial charge in [0.1, 0.15) is 6.04 Å². The number of hydrogen-bond donors (Lipinski definition) is 1. The maximum Gasteiger partial charge on any atom is 0.246 e. The summed E-state index contributed by atoms with van der Waals surface area (Å²) in [7, 11) is 0. The lowest BCUT2D eigenvalue weighted by Crippen LogP contribution is -2.64. The molecular weight excluding hydrogens is 244 g/mol. The zero-order valence-electron chi connectivity index (χ0n) is 12.0. The average Bonchev–Trinajstić information content (AvgIpc) is 2.35. The maximum absolute atomic E-state index is 12.4. The molecule has 2 aliphatic rings. The van der Waals surface area contributed by atoms with E-state index in [4.69, 9.17) is 4.74 Å². The second-order valence-electron chi connectivity index (χ2n) is 5.60. The predicted molar refractivity (Wildman–Crippen MR) is 71.5 cm³/mol. The molecule has 2 amide bonds. The number of amides is 2. The van der Waals surface area contributed by atoms with Crippen LogP contribution < -0.4 is 5.32 Å². The summed E-state index contributed by atoms with van der Waals surface area (Å²) in [5.74, 6) is 0.223. The van der Waals surface area contributed by atoms with E-state index in [1.165, 1.54) is 0 Å². The first-order valence-corrected chi connectivity index (χ1v) is 7.28. The first-order valence-electron chi connectivity index (χ1n) is 7.28. The molecule has 1 saturated carbocycles. The van der Waals surface area contributed by atoms with Crippen LogP contribution in [0.4, 0.5) is 0 Å². The maximum atomic E-state index is 12.4. The Balaban J connectivity index is 1.97. The largest absolute Gasteiger partial charge is 0.378 e. The minimum atomic E-state index is -0.350. The number of rotatable bonds is 5. The van der Waals surface area contributed by atoms with Crippen molar-refractivity contribution >= 4 is 11.8 Å². The molecule has 0 aromatic heterocycles. The molecule has 1 aliphatic carbocycles. The van der Waals surface area contributed by atoms with E-state index >= 15 is 0 Å². The molecule has 5 heteroatoms. The van der Waals surface area contributed by atoms with Gasteiger partial charge in [-0.1, -0.05) is 20.3 Å². The van der Waals surface area contributed by atoms with Crippen LogP contribution in [0.15, 0.2) is 0 Å². The fourth-order valence-electron chi connectivity index (χ4n) is 2.79. The molecular formula is C14H24N2O3. The Hall–Kier alpha value is -1.10. The van der Waals surface area contributed by atoms with Crippen molar-refractivity contribution in [3.05, 3.63) is 0 Å². The Kier molecular flexibility index (Phi) is 4.45. The Bertz CT molecular complexity index is 353. The van der Waals surface area contributed by atoms with Crippen molar-refractivity contribution in [2.75, 3.05) is 13.2 Å². The second kappa shape index (κ2) is 5.90. The van der Waals surface area contributed by atoms with Crippen LogP contribution in [-0.2, 0) is 14.3 Å². The van der Waals surface area contributed by atoms with Gasteiger partial charge in [0.05, 0.1) is 12.6 Å². The molecule has 0 aromatic carbocycles. The highest BCUT2D eigenvalue weighted by atomic mass is 16.5. The van der Waals surface area contributed by atoms with Crippen molar-refractivity contribution in [1.29, 1.82) is 0 Å². The van der Waals surface area contributed by atoms with E-state index in [9.17, 15) is 9.59 Å². The second-order valence-corrected chi connectivity index (χ2v) is 5.60. The third kappa shape index (κ3) is 2.91. The van der Waals surface area contributed by atoms with E-state index in [1.54, 1.807) is 4.90 Å². The van der Waals surface area contributed by atoms with Crippen molar-refractivity contribution in [3.63, 3.8) is 0 Å². The summed E-state index contributed by atoms with van der Waals surface area (Å²) < 4.78 is 5.52. The van der Waals surface area contributed by atoms with Crippen LogP contribution in [0.5, 0.6) is 0 Å². The molecule has 0 bridgehead atoms. The minimum absolute atomic E-state index is 0.0373. The van der Waals surface area contributed by atoms with Gasteiger partial charge in [0.15, 0.2) is 0 Å². The molecule has 2 atom stereocenters. The summed E-state index contributed by atoms with van der Waals surface area (Å²) in [5.41, 5.74) is 0. The lowest BCUT2D eigenvalue weighted by atomic mass is 9.85. The smallest absolute Gasteiger partial charge is 0.246 e. The Labute approximate surface area is 114 Å². The molecule has 19 heavy (non-hydrogen) atoms. The highest BCUT2D eigenvalue weighted by molar-refractivity contribution is 5.95. The first kappa shape index (κ1) is 14.3. The van der Waals surface area contributed by atoms with Gasteiger partial charge < -0.3 is 15.0 Å². The molecule has 0 aromatic rings. The Morgan fingerprint density at radius 3 is 2.63 bits per heavy atom. The number of nitrogens with one attached hydrogen (secondary N) is 1. The van der Waals surface area contributed by atoms with Crippen molar-refractivity contribution in [3.8, 4) is 0 Å². The van der Waals surface area contributed by atoms with Crippen LogP contribution in [0.25, 0.3) is 0 Å². The van der Waals surface area contributed by atoms with Crippen LogP contribution >= 0.6 is 0 Å². The van der Waals surface area contributed by atoms with Gasteiger partial charge in [0, 0.05) is 12.6 Å². The number of piperazine rings is 1. The van der Waals surface area contributed by atoms with Crippen molar-refractivity contribution in [1.82, 2.24) is 10.2 Å². The number of carbonyl (C=O) groups excluding carboxylic acids is 2. The van der Waals surface area contributed by atoms with E-state index in [0.29, 0.717) is 6.61 Å². The van der Waals surface area contributed by atoms with E-state index in [0.717, 1.165) is 19.3 Å². The Morgan fingerprint density at radius 2 is 2.05 bits per heavy atom. The molecule has 5 nitrogen and oxygen atoms in total. The van der Waals surface area contributed by atoms with E-state index in [-0.39, 0.29) is 42.5 Å². The van der Waals surface area contributed by atoms with Crippen LogP contribution in [0, 0.1) is 5.92 Å². The summed E-state index contributed by atoms with van der Waals surface area (Å²) in [6.45, 7) is 6.94. The van der Waals surface area contributed by atoms with Crippen LogP contribution in [-0.4, -0.2) is 48.1 Å². The fourth-order valence-corrected chi connectivity index (χ4v) is 2.79. The topological polar surface area (TPSA) is 58.6 Å². The van der Waals surface area contributed by atoms with E-state index < -0.39 is 0 Å². The van der Waals surface area contributed by atoms with Crippen molar-refractivity contribution in [2.24, 2.45) is 5.92 Å². The van der Waals surface area contributed by atoms with E-state index in [1.807, 2.05) is 20.8 Å². The summed E-state index contributed by atoms with van der Waals surface area (Å²) in [6, 6.07) is -0.168. The molecule has 1 aliphatic heterocycles. The van der Waals surface area contributed by atoms with Gasteiger partial charge >= 0.3 is 0 Å². The number of nitrogens with zero attached hydrogens (tertiary/aromatic N) is 1. The summed E-state index contributed by atoms with van der Waals surface area (Å²) in [5, 5.41) is 2.82. The zero-order valence-corrected chi connectivity index (χ0v) is 12.0. The van der Waals surface area contributed by atoms with Gasteiger partial charge in [-0.05, 0) is 25.7 Å². The summed E-state index contributed by atoms with van der Waals surface area (Å²) in [6.07, 6.45) is 2.87. The van der Waals surface area contributed by atoms with Gasteiger partial charge in [-0.15, -0.1) is 0 Å². The van der Waals surface area contributed by atoms with Crippen LogP contribution in [0.2, 0.25) is 0 Å². The molecule has 0 spiro atoms. The monoisotopic (exact) mass is 268 g/mol. The molecule has 108 valence electrons. The highest BCUT2D eigenvalue weighted by Gasteiger charge is 2.43. The third-order valence-corrected chi connectivity index (χ3v) is 4.31. The van der Waals surface area contributed by atoms with E-state index in [2.05, 4.69) is 5.32 Å². The Morgan fingerprint density at radius 1 is 1.37 bits per heavy atom. The SMILES string of the molecule is CCOC1CC(N2CC(=O)NC(C(C)CC)C2=O)C1. The van der Waals surface area contributed by atoms with Crippen molar-refractivity contribution < 1.29 is 14.3 Å². The van der Waals surface area contributed by atoms with Gasteiger partial charge in [-0.2, -0.15) is 0 Å². The number of carbonyl (C=O) groups is 2. The highest BCUT2D eigenvalue weighted by Crippen LogP contribution is 2.30. The summed E-state index contributed by atoms with van der Waals surface area (Å²) >= 11 is 0. The lowest BCUT2D eigenvalue weighted by molar-refractivity contribution is -0.153. The molecule has 1 saturated heterocycles.